The molecule has 32 heavy (non-hydrogen) atoms. The van der Waals surface area contributed by atoms with E-state index < -0.39 is 5.41 Å². The van der Waals surface area contributed by atoms with Gasteiger partial charge in [-0.15, -0.1) is 13.2 Å². The SMILES string of the molecule is C=CC(C)(C=C)C1=C(c2ccccc2)C(=O)C(c2ccccc2)=C1c1cc(C)cc(C)c1. The van der Waals surface area contributed by atoms with Gasteiger partial charge >= 0.3 is 0 Å². The molecule has 0 N–H and O–H groups in total. The van der Waals surface area contributed by atoms with E-state index >= 15 is 0 Å². The highest BCUT2D eigenvalue weighted by Crippen LogP contribution is 2.52. The summed E-state index contributed by atoms with van der Waals surface area (Å²) in [7, 11) is 0. The topological polar surface area (TPSA) is 17.1 Å². The highest BCUT2D eigenvalue weighted by atomic mass is 16.1. The molecule has 3 aromatic carbocycles. The Hall–Kier alpha value is -3.71. The van der Waals surface area contributed by atoms with E-state index in [1.807, 2.05) is 72.8 Å². The molecule has 158 valence electrons. The van der Waals surface area contributed by atoms with Crippen molar-refractivity contribution in [3.05, 3.63) is 138 Å². The van der Waals surface area contributed by atoms with E-state index in [1.54, 1.807) is 0 Å². The summed E-state index contributed by atoms with van der Waals surface area (Å²) in [5.41, 5.74) is 8.02. The predicted molar refractivity (Wildman–Crippen MR) is 136 cm³/mol. The summed E-state index contributed by atoms with van der Waals surface area (Å²) in [5, 5.41) is 0. The fourth-order valence-corrected chi connectivity index (χ4v) is 4.60. The van der Waals surface area contributed by atoms with Gasteiger partial charge in [-0.3, -0.25) is 4.79 Å². The van der Waals surface area contributed by atoms with E-state index in [-0.39, 0.29) is 5.78 Å². The van der Waals surface area contributed by atoms with Crippen LogP contribution in [0.15, 0.2) is 110 Å². The fraction of sp³-hybridized carbons (Fsp3) is 0.129. The van der Waals surface area contributed by atoms with Gasteiger partial charge in [0, 0.05) is 16.6 Å². The lowest BCUT2D eigenvalue weighted by Crippen LogP contribution is -2.15. The molecule has 0 saturated carbocycles. The molecule has 0 radical (unpaired) electrons. The van der Waals surface area contributed by atoms with E-state index in [0.29, 0.717) is 0 Å². The summed E-state index contributed by atoms with van der Waals surface area (Å²) in [6.45, 7) is 14.5. The zero-order chi connectivity index (χ0) is 22.9. The van der Waals surface area contributed by atoms with Gasteiger partial charge in [0.1, 0.15) is 0 Å². The van der Waals surface area contributed by atoms with Crippen LogP contribution in [0.1, 0.15) is 34.7 Å². The van der Waals surface area contributed by atoms with Crippen LogP contribution in [0.2, 0.25) is 0 Å². The van der Waals surface area contributed by atoms with E-state index in [9.17, 15) is 4.79 Å². The third-order valence-electron chi connectivity index (χ3n) is 6.23. The van der Waals surface area contributed by atoms with Crippen molar-refractivity contribution in [3.8, 4) is 0 Å². The van der Waals surface area contributed by atoms with Crippen LogP contribution in [0.4, 0.5) is 0 Å². The number of carbonyl (C=O) groups is 1. The Balaban J connectivity index is 2.17. The molecule has 1 aliphatic rings. The van der Waals surface area contributed by atoms with Crippen molar-refractivity contribution < 1.29 is 4.79 Å². The Morgan fingerprint density at radius 3 is 1.59 bits per heavy atom. The molecule has 3 aromatic rings. The molecular formula is C31H28O. The zero-order valence-electron chi connectivity index (χ0n) is 19.0. The molecular weight excluding hydrogens is 388 g/mol. The van der Waals surface area contributed by atoms with Crippen molar-refractivity contribution in [2.24, 2.45) is 5.41 Å². The molecule has 0 bridgehead atoms. The molecule has 0 heterocycles. The van der Waals surface area contributed by atoms with Gasteiger partial charge in [0.15, 0.2) is 5.78 Å². The molecule has 0 spiro atoms. The molecule has 0 saturated heterocycles. The number of hydrogen-bond acceptors (Lipinski definition) is 1. The smallest absolute Gasteiger partial charge is 0.195 e. The van der Waals surface area contributed by atoms with Gasteiger partial charge in [-0.2, -0.15) is 0 Å². The first-order valence-electron chi connectivity index (χ1n) is 10.9. The molecule has 0 fully saturated rings. The summed E-state index contributed by atoms with van der Waals surface area (Å²) in [4.78, 5) is 14.2. The number of ketones is 1. The maximum Gasteiger partial charge on any atom is 0.195 e. The first-order valence-corrected chi connectivity index (χ1v) is 10.9. The van der Waals surface area contributed by atoms with Crippen molar-refractivity contribution in [3.63, 3.8) is 0 Å². The summed E-state index contributed by atoms with van der Waals surface area (Å²) in [6.07, 6.45) is 3.78. The van der Waals surface area contributed by atoms with Gasteiger partial charge in [-0.05, 0) is 48.6 Å². The molecule has 0 atom stereocenters. The second kappa shape index (κ2) is 8.43. The quantitative estimate of drug-likeness (QED) is 0.378. The monoisotopic (exact) mass is 416 g/mol. The highest BCUT2D eigenvalue weighted by molar-refractivity contribution is 6.52. The van der Waals surface area contributed by atoms with Crippen LogP contribution in [-0.2, 0) is 4.79 Å². The number of allylic oxidation sites excluding steroid dienone is 6. The minimum Gasteiger partial charge on any atom is -0.289 e. The maximum atomic E-state index is 14.2. The lowest BCUT2D eigenvalue weighted by Gasteiger charge is -2.28. The van der Waals surface area contributed by atoms with Crippen LogP contribution >= 0.6 is 0 Å². The lowest BCUT2D eigenvalue weighted by molar-refractivity contribution is -0.108. The Bertz CT molecular complexity index is 1240. The third-order valence-corrected chi connectivity index (χ3v) is 6.23. The number of hydrogen-bond donors (Lipinski definition) is 0. The molecule has 0 unspecified atom stereocenters. The van der Waals surface area contributed by atoms with Crippen LogP contribution in [0.3, 0.4) is 0 Å². The summed E-state index contributed by atoms with van der Waals surface area (Å²) >= 11 is 0. The van der Waals surface area contributed by atoms with Gasteiger partial charge < -0.3 is 0 Å². The molecule has 0 aromatic heterocycles. The Labute approximate surface area is 191 Å². The van der Waals surface area contributed by atoms with E-state index in [4.69, 9.17) is 0 Å². The molecule has 0 amide bonds. The number of rotatable bonds is 6. The van der Waals surface area contributed by atoms with E-state index in [1.165, 1.54) is 11.1 Å². The largest absolute Gasteiger partial charge is 0.289 e. The highest BCUT2D eigenvalue weighted by Gasteiger charge is 2.40. The number of aryl methyl sites for hydroxylation is 2. The van der Waals surface area contributed by atoms with Crippen molar-refractivity contribution >= 4 is 22.5 Å². The van der Waals surface area contributed by atoms with Crippen LogP contribution in [0.5, 0.6) is 0 Å². The normalized spacial score (nSPS) is 14.2. The maximum absolute atomic E-state index is 14.2. The average molecular weight is 417 g/mol. The number of Topliss-reactive ketones (excluding diaryl/α,β-unsaturated/α-hetero) is 1. The average Bonchev–Trinajstić information content (AvgIpc) is 3.12. The Morgan fingerprint density at radius 2 is 1.12 bits per heavy atom. The molecule has 1 aliphatic carbocycles. The predicted octanol–water partition coefficient (Wildman–Crippen LogP) is 7.63. The molecule has 0 aliphatic heterocycles. The summed E-state index contributed by atoms with van der Waals surface area (Å²) < 4.78 is 0. The third kappa shape index (κ3) is 3.61. The van der Waals surface area contributed by atoms with E-state index in [0.717, 1.165) is 39.0 Å². The second-order valence-corrected chi connectivity index (χ2v) is 8.63. The fourth-order valence-electron chi connectivity index (χ4n) is 4.60. The van der Waals surface area contributed by atoms with Gasteiger partial charge in [-0.25, -0.2) is 0 Å². The number of benzene rings is 3. The van der Waals surface area contributed by atoms with Crippen molar-refractivity contribution in [1.82, 2.24) is 0 Å². The van der Waals surface area contributed by atoms with Gasteiger partial charge in [0.2, 0.25) is 0 Å². The molecule has 4 rings (SSSR count). The van der Waals surface area contributed by atoms with Crippen molar-refractivity contribution in [1.29, 1.82) is 0 Å². The van der Waals surface area contributed by atoms with Crippen LogP contribution in [-0.4, -0.2) is 5.78 Å². The van der Waals surface area contributed by atoms with Gasteiger partial charge in [0.25, 0.3) is 0 Å². The summed E-state index contributed by atoms with van der Waals surface area (Å²) in [6, 6.07) is 26.4. The Morgan fingerprint density at radius 1 is 0.656 bits per heavy atom. The van der Waals surface area contributed by atoms with Crippen LogP contribution in [0.25, 0.3) is 16.7 Å². The minimum atomic E-state index is -0.579. The second-order valence-electron chi connectivity index (χ2n) is 8.63. The van der Waals surface area contributed by atoms with Crippen LogP contribution in [0, 0.1) is 19.3 Å². The van der Waals surface area contributed by atoms with Crippen molar-refractivity contribution in [2.45, 2.75) is 20.8 Å². The zero-order valence-corrected chi connectivity index (χ0v) is 19.0. The molecule has 1 heteroatoms. The minimum absolute atomic E-state index is 0.0430. The van der Waals surface area contributed by atoms with Gasteiger partial charge in [-0.1, -0.05) is 102 Å². The molecule has 1 nitrogen and oxygen atoms in total. The number of carbonyl (C=O) groups excluding carboxylic acids is 1. The summed E-state index contributed by atoms with van der Waals surface area (Å²) in [5.74, 6) is 0.0430. The van der Waals surface area contributed by atoms with Crippen LogP contribution < -0.4 is 0 Å². The first-order chi connectivity index (χ1) is 15.4. The lowest BCUT2D eigenvalue weighted by atomic mass is 9.74. The Kier molecular flexibility index (Phi) is 5.67. The first kappa shape index (κ1) is 21.5. The standard InChI is InChI=1S/C31H28O/c1-6-31(5,7-2)29-26(25-19-21(3)18-22(4)20-25)27(23-14-10-8-11-15-23)30(32)28(29)24-16-12-9-13-17-24/h6-20H,1-2H2,3-5H3. The van der Waals surface area contributed by atoms with E-state index in [2.05, 4.69) is 52.1 Å². The van der Waals surface area contributed by atoms with Gasteiger partial charge in [0.05, 0.1) is 0 Å². The van der Waals surface area contributed by atoms with Crippen molar-refractivity contribution in [2.75, 3.05) is 0 Å².